The van der Waals surface area contributed by atoms with Gasteiger partial charge in [0.15, 0.2) is 0 Å². The molecule has 70 valence electrons. The summed E-state index contributed by atoms with van der Waals surface area (Å²) in [4.78, 5) is 0. The molecule has 0 rings (SSSR count). The summed E-state index contributed by atoms with van der Waals surface area (Å²) >= 11 is 0. The standard InChI is InChI=1S/C11H21N/c1-4-5-6-7-8-9-12-10-11(2)3/h1,11-12H,5-10H2,2-3H3. The Morgan fingerprint density at radius 2 is 2.00 bits per heavy atom. The molecule has 0 aliphatic carbocycles. The summed E-state index contributed by atoms with van der Waals surface area (Å²) in [5.74, 6) is 3.42. The first-order valence-electron chi connectivity index (χ1n) is 4.91. The second kappa shape index (κ2) is 8.62. The smallest absolute Gasteiger partial charge is 0.00860 e. The van der Waals surface area contributed by atoms with Crippen molar-refractivity contribution >= 4 is 0 Å². The monoisotopic (exact) mass is 167 g/mol. The van der Waals surface area contributed by atoms with Gasteiger partial charge in [-0.15, -0.1) is 12.3 Å². The minimum Gasteiger partial charge on any atom is -0.316 e. The number of nitrogens with one attached hydrogen (secondary N) is 1. The van der Waals surface area contributed by atoms with E-state index in [1.54, 1.807) is 0 Å². The molecule has 1 heteroatoms. The van der Waals surface area contributed by atoms with E-state index < -0.39 is 0 Å². The van der Waals surface area contributed by atoms with Crippen molar-refractivity contribution in [2.24, 2.45) is 5.92 Å². The maximum absolute atomic E-state index is 5.14. The van der Waals surface area contributed by atoms with Crippen LogP contribution in [-0.2, 0) is 0 Å². The van der Waals surface area contributed by atoms with E-state index in [0.717, 1.165) is 25.4 Å². The van der Waals surface area contributed by atoms with Crippen LogP contribution in [0.1, 0.15) is 39.5 Å². The molecule has 0 saturated heterocycles. The zero-order chi connectivity index (χ0) is 9.23. The summed E-state index contributed by atoms with van der Waals surface area (Å²) in [5.41, 5.74) is 0. The van der Waals surface area contributed by atoms with Gasteiger partial charge < -0.3 is 5.32 Å². The van der Waals surface area contributed by atoms with Gasteiger partial charge in [0.2, 0.25) is 0 Å². The fourth-order valence-corrected chi connectivity index (χ4v) is 1.04. The molecule has 0 heterocycles. The lowest BCUT2D eigenvalue weighted by atomic mass is 10.2. The van der Waals surface area contributed by atoms with Crippen molar-refractivity contribution < 1.29 is 0 Å². The molecule has 0 fully saturated rings. The van der Waals surface area contributed by atoms with Gasteiger partial charge in [-0.3, -0.25) is 0 Å². The number of hydrogen-bond donors (Lipinski definition) is 1. The molecule has 0 atom stereocenters. The molecule has 0 aromatic carbocycles. The van der Waals surface area contributed by atoms with Gasteiger partial charge in [-0.25, -0.2) is 0 Å². The first-order valence-corrected chi connectivity index (χ1v) is 4.91. The fraction of sp³-hybridized carbons (Fsp3) is 0.818. The molecule has 1 nitrogen and oxygen atoms in total. The molecule has 0 aromatic heterocycles. The minimum atomic E-state index is 0.760. The highest BCUT2D eigenvalue weighted by molar-refractivity contribution is 4.82. The van der Waals surface area contributed by atoms with Gasteiger partial charge in [0.05, 0.1) is 0 Å². The average Bonchev–Trinajstić information content (AvgIpc) is 2.02. The number of rotatable bonds is 7. The lowest BCUT2D eigenvalue weighted by molar-refractivity contribution is 0.531. The van der Waals surface area contributed by atoms with Crippen LogP contribution in [0, 0.1) is 18.3 Å². The van der Waals surface area contributed by atoms with Gasteiger partial charge in [0.1, 0.15) is 0 Å². The molecule has 0 radical (unpaired) electrons. The van der Waals surface area contributed by atoms with E-state index in [-0.39, 0.29) is 0 Å². The molecule has 0 bridgehead atoms. The molecule has 0 spiro atoms. The molecule has 0 aromatic rings. The first-order chi connectivity index (χ1) is 5.77. The van der Waals surface area contributed by atoms with E-state index >= 15 is 0 Å². The molecular formula is C11H21N. The normalized spacial score (nSPS) is 10.2. The Balaban J connectivity index is 2.87. The summed E-state index contributed by atoms with van der Waals surface area (Å²) in [6, 6.07) is 0. The van der Waals surface area contributed by atoms with Gasteiger partial charge in [0.25, 0.3) is 0 Å². The van der Waals surface area contributed by atoms with Crippen LogP contribution >= 0.6 is 0 Å². The van der Waals surface area contributed by atoms with Crippen LogP contribution in [0.15, 0.2) is 0 Å². The molecule has 0 aliphatic rings. The Morgan fingerprint density at radius 3 is 2.58 bits per heavy atom. The van der Waals surface area contributed by atoms with Crippen LogP contribution in [0.2, 0.25) is 0 Å². The largest absolute Gasteiger partial charge is 0.316 e. The van der Waals surface area contributed by atoms with Crippen LogP contribution < -0.4 is 5.32 Å². The van der Waals surface area contributed by atoms with E-state index in [0.29, 0.717) is 0 Å². The highest BCUT2D eigenvalue weighted by Crippen LogP contribution is 1.97. The van der Waals surface area contributed by atoms with Crippen molar-refractivity contribution in [2.45, 2.75) is 39.5 Å². The minimum absolute atomic E-state index is 0.760. The molecule has 0 amide bonds. The van der Waals surface area contributed by atoms with Crippen LogP contribution in [0.3, 0.4) is 0 Å². The van der Waals surface area contributed by atoms with Gasteiger partial charge >= 0.3 is 0 Å². The zero-order valence-corrected chi connectivity index (χ0v) is 8.40. The Morgan fingerprint density at radius 1 is 1.25 bits per heavy atom. The summed E-state index contributed by atoms with van der Waals surface area (Å²) in [5, 5.41) is 3.41. The van der Waals surface area contributed by atoms with Crippen molar-refractivity contribution in [1.29, 1.82) is 0 Å². The first kappa shape index (κ1) is 11.5. The van der Waals surface area contributed by atoms with Crippen LogP contribution in [0.5, 0.6) is 0 Å². The summed E-state index contributed by atoms with van der Waals surface area (Å²) < 4.78 is 0. The average molecular weight is 167 g/mol. The van der Waals surface area contributed by atoms with Crippen LogP contribution in [-0.4, -0.2) is 13.1 Å². The van der Waals surface area contributed by atoms with Crippen LogP contribution in [0.4, 0.5) is 0 Å². The lowest BCUT2D eigenvalue weighted by Gasteiger charge is -2.06. The van der Waals surface area contributed by atoms with Crippen LogP contribution in [0.25, 0.3) is 0 Å². The predicted octanol–water partition coefficient (Wildman–Crippen LogP) is 2.43. The Labute approximate surface area is 76.9 Å². The van der Waals surface area contributed by atoms with E-state index in [1.807, 2.05) is 0 Å². The molecule has 0 aliphatic heterocycles. The van der Waals surface area contributed by atoms with Gasteiger partial charge in [-0.2, -0.15) is 0 Å². The Kier molecular flexibility index (Phi) is 8.27. The van der Waals surface area contributed by atoms with Crippen molar-refractivity contribution in [3.63, 3.8) is 0 Å². The Bertz CT molecular complexity index is 121. The van der Waals surface area contributed by atoms with Crippen molar-refractivity contribution in [2.75, 3.05) is 13.1 Å². The second-order valence-corrected chi connectivity index (χ2v) is 3.61. The SMILES string of the molecule is C#CCCCCCNCC(C)C. The third-order valence-electron chi connectivity index (χ3n) is 1.73. The number of terminal acetylenes is 1. The topological polar surface area (TPSA) is 12.0 Å². The van der Waals surface area contributed by atoms with Crippen molar-refractivity contribution in [1.82, 2.24) is 5.32 Å². The van der Waals surface area contributed by atoms with Crippen molar-refractivity contribution in [3.05, 3.63) is 0 Å². The summed E-state index contributed by atoms with van der Waals surface area (Å²) in [6.45, 7) is 6.73. The zero-order valence-electron chi connectivity index (χ0n) is 8.40. The van der Waals surface area contributed by atoms with Gasteiger partial charge in [-0.1, -0.05) is 20.3 Å². The molecular weight excluding hydrogens is 146 g/mol. The summed E-state index contributed by atoms with van der Waals surface area (Å²) in [6.07, 6.45) is 9.78. The Hall–Kier alpha value is -0.480. The van der Waals surface area contributed by atoms with E-state index in [9.17, 15) is 0 Å². The van der Waals surface area contributed by atoms with E-state index in [2.05, 4.69) is 25.1 Å². The fourth-order valence-electron chi connectivity index (χ4n) is 1.04. The predicted molar refractivity (Wildman–Crippen MR) is 55.0 cm³/mol. The molecule has 0 saturated carbocycles. The number of hydrogen-bond acceptors (Lipinski definition) is 1. The highest BCUT2D eigenvalue weighted by Gasteiger charge is 1.92. The number of unbranched alkanes of at least 4 members (excludes halogenated alkanes) is 3. The van der Waals surface area contributed by atoms with E-state index in [1.165, 1.54) is 19.3 Å². The maximum Gasteiger partial charge on any atom is 0.00860 e. The molecule has 1 N–H and O–H groups in total. The third kappa shape index (κ3) is 9.52. The molecule has 12 heavy (non-hydrogen) atoms. The van der Waals surface area contributed by atoms with Gasteiger partial charge in [-0.05, 0) is 31.8 Å². The second-order valence-electron chi connectivity index (χ2n) is 3.61. The third-order valence-corrected chi connectivity index (χ3v) is 1.73. The lowest BCUT2D eigenvalue weighted by Crippen LogP contribution is -2.20. The van der Waals surface area contributed by atoms with Gasteiger partial charge in [0, 0.05) is 6.42 Å². The molecule has 0 unspecified atom stereocenters. The summed E-state index contributed by atoms with van der Waals surface area (Å²) in [7, 11) is 0. The highest BCUT2D eigenvalue weighted by atomic mass is 14.8. The quantitative estimate of drug-likeness (QED) is 0.453. The van der Waals surface area contributed by atoms with E-state index in [4.69, 9.17) is 6.42 Å². The maximum atomic E-state index is 5.14. The van der Waals surface area contributed by atoms with Crippen molar-refractivity contribution in [3.8, 4) is 12.3 Å².